The van der Waals surface area contributed by atoms with Gasteiger partial charge in [0.15, 0.2) is 0 Å². The summed E-state index contributed by atoms with van der Waals surface area (Å²) in [6, 6.07) is 9.68. The predicted octanol–water partition coefficient (Wildman–Crippen LogP) is 3.29. The molecule has 0 atom stereocenters. The lowest BCUT2D eigenvalue weighted by Gasteiger charge is -2.07. The number of hydrogen-bond acceptors (Lipinski definition) is 4. The van der Waals surface area contributed by atoms with E-state index in [2.05, 4.69) is 10.6 Å². The molecule has 1 aromatic heterocycles. The van der Waals surface area contributed by atoms with E-state index in [-0.39, 0.29) is 11.8 Å². The van der Waals surface area contributed by atoms with Crippen LogP contribution in [0.4, 0.5) is 0 Å². The summed E-state index contributed by atoms with van der Waals surface area (Å²) in [5, 5.41) is 7.81. The van der Waals surface area contributed by atoms with Crippen LogP contribution in [0.3, 0.4) is 0 Å². The Morgan fingerprint density at radius 1 is 1.17 bits per heavy atom. The van der Waals surface area contributed by atoms with E-state index in [0.29, 0.717) is 18.2 Å². The maximum Gasteiger partial charge on any atom is 0.262 e. The van der Waals surface area contributed by atoms with E-state index >= 15 is 0 Å². The molecule has 1 saturated carbocycles. The molecule has 1 aliphatic carbocycles. The first-order valence-corrected chi connectivity index (χ1v) is 9.57. The number of amides is 2. The highest BCUT2D eigenvalue weighted by molar-refractivity contribution is 7.98. The number of rotatable bonds is 6. The highest BCUT2D eigenvalue weighted by atomic mass is 32.2. The van der Waals surface area contributed by atoms with Gasteiger partial charge in [0.1, 0.15) is 4.88 Å². The van der Waals surface area contributed by atoms with Crippen molar-refractivity contribution in [2.45, 2.75) is 30.3 Å². The van der Waals surface area contributed by atoms with Crippen molar-refractivity contribution in [1.82, 2.24) is 10.6 Å². The summed E-state index contributed by atoms with van der Waals surface area (Å²) in [6.07, 6.45) is 4.12. The second kappa shape index (κ2) is 7.19. The number of carbonyl (C=O) groups is 2. The SMILES string of the molecule is CSc1ccsc1C(=O)NCc1ccc(C(=O)NC2CC2)cc1. The second-order valence-corrected chi connectivity index (χ2v) is 7.21. The van der Waals surface area contributed by atoms with Crippen molar-refractivity contribution in [3.05, 3.63) is 51.7 Å². The van der Waals surface area contributed by atoms with Crippen LogP contribution in [0.1, 0.15) is 38.4 Å². The van der Waals surface area contributed by atoms with E-state index < -0.39 is 0 Å². The molecule has 23 heavy (non-hydrogen) atoms. The Morgan fingerprint density at radius 3 is 2.57 bits per heavy atom. The Morgan fingerprint density at radius 2 is 1.91 bits per heavy atom. The first kappa shape index (κ1) is 16.1. The monoisotopic (exact) mass is 346 g/mol. The molecule has 120 valence electrons. The molecule has 3 rings (SSSR count). The van der Waals surface area contributed by atoms with Crippen LogP contribution in [0.15, 0.2) is 40.6 Å². The molecule has 0 aliphatic heterocycles. The fourth-order valence-corrected chi connectivity index (χ4v) is 3.82. The van der Waals surface area contributed by atoms with Gasteiger partial charge in [-0.15, -0.1) is 23.1 Å². The van der Waals surface area contributed by atoms with Gasteiger partial charge in [-0.05, 0) is 48.2 Å². The van der Waals surface area contributed by atoms with Gasteiger partial charge in [0.25, 0.3) is 11.8 Å². The highest BCUT2D eigenvalue weighted by Crippen LogP contribution is 2.25. The van der Waals surface area contributed by atoms with E-state index in [1.807, 2.05) is 29.8 Å². The summed E-state index contributed by atoms with van der Waals surface area (Å²) in [7, 11) is 0. The fourth-order valence-electron chi connectivity index (χ4n) is 2.16. The third kappa shape index (κ3) is 4.14. The summed E-state index contributed by atoms with van der Waals surface area (Å²) in [4.78, 5) is 25.8. The summed E-state index contributed by atoms with van der Waals surface area (Å²) < 4.78 is 0. The molecule has 1 heterocycles. The lowest BCUT2D eigenvalue weighted by Crippen LogP contribution is -2.25. The second-order valence-electron chi connectivity index (χ2n) is 5.45. The van der Waals surface area contributed by atoms with Crippen molar-refractivity contribution in [3.8, 4) is 0 Å². The van der Waals surface area contributed by atoms with Crippen LogP contribution in [0.2, 0.25) is 0 Å². The molecule has 2 aromatic rings. The largest absolute Gasteiger partial charge is 0.349 e. The number of nitrogens with one attached hydrogen (secondary N) is 2. The fraction of sp³-hybridized carbons (Fsp3) is 0.294. The zero-order valence-corrected chi connectivity index (χ0v) is 14.4. The third-order valence-corrected chi connectivity index (χ3v) is 5.46. The standard InChI is InChI=1S/C17H18N2O2S2/c1-22-14-8-9-23-15(14)17(21)18-10-11-2-4-12(5-3-11)16(20)19-13-6-7-13/h2-5,8-9,13H,6-7,10H2,1H3,(H,18,21)(H,19,20). The molecule has 0 saturated heterocycles. The average molecular weight is 346 g/mol. The Balaban J connectivity index is 1.55. The summed E-state index contributed by atoms with van der Waals surface area (Å²) in [5.41, 5.74) is 1.64. The molecule has 0 unspecified atom stereocenters. The lowest BCUT2D eigenvalue weighted by atomic mass is 10.1. The Kier molecular flexibility index (Phi) is 5.03. The van der Waals surface area contributed by atoms with Gasteiger partial charge in [0.05, 0.1) is 0 Å². The number of benzene rings is 1. The van der Waals surface area contributed by atoms with Crippen LogP contribution in [0.5, 0.6) is 0 Å². The lowest BCUT2D eigenvalue weighted by molar-refractivity contribution is 0.0942. The van der Waals surface area contributed by atoms with Crippen LogP contribution < -0.4 is 10.6 Å². The highest BCUT2D eigenvalue weighted by Gasteiger charge is 2.23. The van der Waals surface area contributed by atoms with E-state index in [4.69, 9.17) is 0 Å². The zero-order chi connectivity index (χ0) is 16.2. The molecule has 2 amide bonds. The molecule has 1 aromatic carbocycles. The minimum absolute atomic E-state index is 0.0220. The molecule has 0 radical (unpaired) electrons. The number of thioether (sulfide) groups is 1. The van der Waals surface area contributed by atoms with Gasteiger partial charge in [-0.3, -0.25) is 9.59 Å². The molecule has 0 bridgehead atoms. The Hall–Kier alpha value is -1.79. The molecule has 2 N–H and O–H groups in total. The molecule has 0 spiro atoms. The first-order valence-electron chi connectivity index (χ1n) is 7.47. The minimum Gasteiger partial charge on any atom is -0.349 e. The normalized spacial score (nSPS) is 13.6. The Labute approximate surface area is 143 Å². The summed E-state index contributed by atoms with van der Waals surface area (Å²) >= 11 is 3.02. The van der Waals surface area contributed by atoms with Crippen molar-refractivity contribution in [2.75, 3.05) is 6.26 Å². The van der Waals surface area contributed by atoms with Crippen molar-refractivity contribution in [1.29, 1.82) is 0 Å². The topological polar surface area (TPSA) is 58.2 Å². The Bertz CT molecular complexity index is 706. The average Bonchev–Trinajstić information content (AvgIpc) is 3.25. The van der Waals surface area contributed by atoms with Gasteiger partial charge < -0.3 is 10.6 Å². The van der Waals surface area contributed by atoms with Gasteiger partial charge in [-0.25, -0.2) is 0 Å². The quantitative estimate of drug-likeness (QED) is 0.789. The molecular weight excluding hydrogens is 328 g/mol. The maximum absolute atomic E-state index is 12.2. The van der Waals surface area contributed by atoms with Crippen LogP contribution >= 0.6 is 23.1 Å². The van der Waals surface area contributed by atoms with Crippen molar-refractivity contribution in [2.24, 2.45) is 0 Å². The number of thiophene rings is 1. The minimum atomic E-state index is -0.0556. The molecular formula is C17H18N2O2S2. The van der Waals surface area contributed by atoms with E-state index in [9.17, 15) is 9.59 Å². The van der Waals surface area contributed by atoms with Crippen molar-refractivity contribution in [3.63, 3.8) is 0 Å². The maximum atomic E-state index is 12.2. The number of hydrogen-bond donors (Lipinski definition) is 2. The van der Waals surface area contributed by atoms with Gasteiger partial charge in [-0.1, -0.05) is 12.1 Å². The molecule has 4 nitrogen and oxygen atoms in total. The van der Waals surface area contributed by atoms with Crippen molar-refractivity contribution < 1.29 is 9.59 Å². The molecule has 1 aliphatic rings. The summed E-state index contributed by atoms with van der Waals surface area (Å²) in [5.74, 6) is -0.0776. The number of carbonyl (C=O) groups excluding carboxylic acids is 2. The van der Waals surface area contributed by atoms with Crippen LogP contribution in [0, 0.1) is 0 Å². The predicted molar refractivity (Wildman–Crippen MR) is 94.2 cm³/mol. The third-order valence-electron chi connectivity index (χ3n) is 3.64. The van der Waals surface area contributed by atoms with Crippen molar-refractivity contribution >= 4 is 34.9 Å². The van der Waals surface area contributed by atoms with Gasteiger partial charge >= 0.3 is 0 Å². The smallest absolute Gasteiger partial charge is 0.262 e. The van der Waals surface area contributed by atoms with E-state index in [1.54, 1.807) is 23.9 Å². The van der Waals surface area contributed by atoms with Crippen LogP contribution in [-0.2, 0) is 6.54 Å². The first-order chi connectivity index (χ1) is 11.2. The molecule has 1 fully saturated rings. The summed E-state index contributed by atoms with van der Waals surface area (Å²) in [6.45, 7) is 0.453. The van der Waals surface area contributed by atoms with Gasteiger partial charge in [-0.2, -0.15) is 0 Å². The van der Waals surface area contributed by atoms with Crippen LogP contribution in [-0.4, -0.2) is 24.1 Å². The van der Waals surface area contributed by atoms with E-state index in [1.165, 1.54) is 11.3 Å². The van der Waals surface area contributed by atoms with Gasteiger partial charge in [0, 0.05) is 23.0 Å². The van der Waals surface area contributed by atoms with Gasteiger partial charge in [0.2, 0.25) is 0 Å². The molecule has 6 heteroatoms. The zero-order valence-electron chi connectivity index (χ0n) is 12.8. The van der Waals surface area contributed by atoms with E-state index in [0.717, 1.165) is 28.2 Å². The van der Waals surface area contributed by atoms with Crippen LogP contribution in [0.25, 0.3) is 0 Å².